The molecule has 2 aromatic rings. The number of nitrogens with zero attached hydrogens (tertiary/aromatic N) is 2. The summed E-state index contributed by atoms with van der Waals surface area (Å²) in [7, 11) is 1.97. The second-order valence-electron chi connectivity index (χ2n) is 5.47. The van der Waals surface area contributed by atoms with E-state index < -0.39 is 0 Å². The smallest absolute Gasteiger partial charge is 0.0640 e. The number of aryl methyl sites for hydroxylation is 2. The van der Waals surface area contributed by atoms with Crippen LogP contribution >= 0.6 is 0 Å². The van der Waals surface area contributed by atoms with E-state index in [-0.39, 0.29) is 0 Å². The zero-order valence-electron chi connectivity index (χ0n) is 12.8. The van der Waals surface area contributed by atoms with Crippen molar-refractivity contribution in [2.24, 2.45) is 7.05 Å². The summed E-state index contributed by atoms with van der Waals surface area (Å²) in [6.07, 6.45) is 5.21. The van der Waals surface area contributed by atoms with Crippen LogP contribution in [0.3, 0.4) is 0 Å². The molecule has 1 N–H and O–H groups in total. The van der Waals surface area contributed by atoms with Gasteiger partial charge in [-0.25, -0.2) is 0 Å². The molecule has 1 unspecified atom stereocenters. The van der Waals surface area contributed by atoms with Crippen LogP contribution in [0.5, 0.6) is 0 Å². The van der Waals surface area contributed by atoms with Crippen molar-refractivity contribution in [1.29, 1.82) is 0 Å². The minimum atomic E-state index is 0.450. The Kier molecular flexibility index (Phi) is 5.36. The molecule has 1 atom stereocenters. The highest BCUT2D eigenvalue weighted by Crippen LogP contribution is 2.12. The molecule has 0 saturated heterocycles. The Labute approximate surface area is 122 Å². The molecule has 1 aromatic carbocycles. The van der Waals surface area contributed by atoms with Crippen molar-refractivity contribution in [3.8, 4) is 0 Å². The molecule has 20 heavy (non-hydrogen) atoms. The Morgan fingerprint density at radius 3 is 2.65 bits per heavy atom. The molecule has 0 fully saturated rings. The van der Waals surface area contributed by atoms with Gasteiger partial charge in [0.2, 0.25) is 0 Å². The Hall–Kier alpha value is -1.61. The van der Waals surface area contributed by atoms with Crippen molar-refractivity contribution in [3.63, 3.8) is 0 Å². The van der Waals surface area contributed by atoms with Crippen LogP contribution in [-0.2, 0) is 19.9 Å². The summed E-state index contributed by atoms with van der Waals surface area (Å²) in [5.41, 5.74) is 3.96. The van der Waals surface area contributed by atoms with Gasteiger partial charge < -0.3 is 5.32 Å². The second-order valence-corrected chi connectivity index (χ2v) is 5.47. The lowest BCUT2D eigenvalue weighted by atomic mass is 9.98. The lowest BCUT2D eigenvalue weighted by molar-refractivity contribution is 0.497. The highest BCUT2D eigenvalue weighted by atomic mass is 15.2. The Morgan fingerprint density at radius 1 is 1.20 bits per heavy atom. The number of nitrogens with one attached hydrogen (secondary N) is 1. The fourth-order valence-corrected chi connectivity index (χ4v) is 2.49. The van der Waals surface area contributed by atoms with Crippen LogP contribution in [0, 0.1) is 6.92 Å². The van der Waals surface area contributed by atoms with Crippen LogP contribution in [0.4, 0.5) is 0 Å². The average molecular weight is 271 g/mol. The molecule has 1 aromatic heterocycles. The fourth-order valence-electron chi connectivity index (χ4n) is 2.49. The van der Waals surface area contributed by atoms with E-state index in [9.17, 15) is 0 Å². The standard InChI is InChI=1S/C17H25N3/c1-4-10-18-17(13-16-9-11-20(3)19-16)12-15-8-6-5-7-14(15)2/h5-9,11,17-18H,4,10,12-13H2,1-3H3. The van der Waals surface area contributed by atoms with Gasteiger partial charge >= 0.3 is 0 Å². The molecule has 0 aliphatic heterocycles. The molecule has 0 amide bonds. The Bertz CT molecular complexity index is 531. The van der Waals surface area contributed by atoms with Gasteiger partial charge in [0.15, 0.2) is 0 Å². The van der Waals surface area contributed by atoms with E-state index in [2.05, 4.69) is 54.6 Å². The average Bonchev–Trinajstić information content (AvgIpc) is 2.84. The first kappa shape index (κ1) is 14.8. The van der Waals surface area contributed by atoms with Crippen molar-refractivity contribution in [1.82, 2.24) is 15.1 Å². The molecule has 108 valence electrons. The maximum absolute atomic E-state index is 4.50. The zero-order valence-corrected chi connectivity index (χ0v) is 12.8. The van der Waals surface area contributed by atoms with Crippen LogP contribution in [0.25, 0.3) is 0 Å². The van der Waals surface area contributed by atoms with Gasteiger partial charge in [0.05, 0.1) is 5.69 Å². The summed E-state index contributed by atoms with van der Waals surface area (Å²) in [6, 6.07) is 11.2. The van der Waals surface area contributed by atoms with Crippen LogP contribution in [-0.4, -0.2) is 22.4 Å². The van der Waals surface area contributed by atoms with Gasteiger partial charge in [0, 0.05) is 25.7 Å². The van der Waals surface area contributed by atoms with E-state index in [1.165, 1.54) is 11.1 Å². The number of rotatable bonds is 7. The summed E-state index contributed by atoms with van der Waals surface area (Å²) in [5.74, 6) is 0. The van der Waals surface area contributed by atoms with E-state index in [0.717, 1.165) is 31.5 Å². The van der Waals surface area contributed by atoms with Crippen molar-refractivity contribution in [2.45, 2.75) is 39.2 Å². The summed E-state index contributed by atoms with van der Waals surface area (Å²) in [6.45, 7) is 5.45. The van der Waals surface area contributed by atoms with E-state index in [4.69, 9.17) is 0 Å². The number of benzene rings is 1. The molecule has 3 heteroatoms. The zero-order chi connectivity index (χ0) is 14.4. The first-order chi connectivity index (χ1) is 9.69. The molecule has 0 spiro atoms. The van der Waals surface area contributed by atoms with Crippen LogP contribution in [0.2, 0.25) is 0 Å². The minimum absolute atomic E-state index is 0.450. The quantitative estimate of drug-likeness (QED) is 0.839. The largest absolute Gasteiger partial charge is 0.313 e. The third-order valence-electron chi connectivity index (χ3n) is 3.63. The maximum atomic E-state index is 4.50. The van der Waals surface area contributed by atoms with Gasteiger partial charge in [-0.05, 0) is 43.5 Å². The van der Waals surface area contributed by atoms with Crippen molar-refractivity contribution in [2.75, 3.05) is 6.54 Å². The SMILES string of the molecule is CCCNC(Cc1ccn(C)n1)Cc1ccccc1C. The third kappa shape index (κ3) is 4.20. The van der Waals surface area contributed by atoms with Crippen molar-refractivity contribution < 1.29 is 0 Å². The molecule has 0 radical (unpaired) electrons. The lowest BCUT2D eigenvalue weighted by Gasteiger charge is -2.18. The molecular formula is C17H25N3. The Morgan fingerprint density at radius 2 is 2.00 bits per heavy atom. The number of aromatic nitrogens is 2. The number of hydrogen-bond donors (Lipinski definition) is 1. The Balaban J connectivity index is 2.05. The van der Waals surface area contributed by atoms with Crippen LogP contribution < -0.4 is 5.32 Å². The van der Waals surface area contributed by atoms with Gasteiger partial charge in [-0.15, -0.1) is 0 Å². The van der Waals surface area contributed by atoms with Gasteiger partial charge in [0.25, 0.3) is 0 Å². The third-order valence-corrected chi connectivity index (χ3v) is 3.63. The van der Waals surface area contributed by atoms with Gasteiger partial charge in [0.1, 0.15) is 0 Å². The van der Waals surface area contributed by atoms with Gasteiger partial charge in [-0.1, -0.05) is 31.2 Å². The highest BCUT2D eigenvalue weighted by Gasteiger charge is 2.12. The first-order valence-corrected chi connectivity index (χ1v) is 7.45. The monoisotopic (exact) mass is 271 g/mol. The highest BCUT2D eigenvalue weighted by molar-refractivity contribution is 5.26. The predicted molar refractivity (Wildman–Crippen MR) is 83.9 cm³/mol. The molecular weight excluding hydrogens is 246 g/mol. The molecule has 0 aliphatic rings. The van der Waals surface area contributed by atoms with Crippen molar-refractivity contribution >= 4 is 0 Å². The van der Waals surface area contributed by atoms with E-state index in [1.807, 2.05) is 17.9 Å². The van der Waals surface area contributed by atoms with E-state index >= 15 is 0 Å². The number of hydrogen-bond acceptors (Lipinski definition) is 2. The first-order valence-electron chi connectivity index (χ1n) is 7.45. The summed E-state index contributed by atoms with van der Waals surface area (Å²) < 4.78 is 1.87. The normalized spacial score (nSPS) is 12.6. The summed E-state index contributed by atoms with van der Waals surface area (Å²) >= 11 is 0. The van der Waals surface area contributed by atoms with Gasteiger partial charge in [-0.2, -0.15) is 5.10 Å². The van der Waals surface area contributed by atoms with Crippen LogP contribution in [0.15, 0.2) is 36.5 Å². The maximum Gasteiger partial charge on any atom is 0.0640 e. The molecule has 0 bridgehead atoms. The second kappa shape index (κ2) is 7.25. The van der Waals surface area contributed by atoms with Crippen molar-refractivity contribution in [3.05, 3.63) is 53.3 Å². The lowest BCUT2D eigenvalue weighted by Crippen LogP contribution is -2.34. The minimum Gasteiger partial charge on any atom is -0.313 e. The van der Waals surface area contributed by atoms with Gasteiger partial charge in [-0.3, -0.25) is 4.68 Å². The summed E-state index contributed by atoms with van der Waals surface area (Å²) in [4.78, 5) is 0. The van der Waals surface area contributed by atoms with Crippen LogP contribution in [0.1, 0.15) is 30.2 Å². The molecule has 2 rings (SSSR count). The fraction of sp³-hybridized carbons (Fsp3) is 0.471. The predicted octanol–water partition coefficient (Wildman–Crippen LogP) is 2.88. The molecule has 1 heterocycles. The van der Waals surface area contributed by atoms with E-state index in [0.29, 0.717) is 6.04 Å². The molecule has 0 aliphatic carbocycles. The van der Waals surface area contributed by atoms with E-state index in [1.54, 1.807) is 0 Å². The summed E-state index contributed by atoms with van der Waals surface area (Å²) in [5, 5.41) is 8.15. The topological polar surface area (TPSA) is 29.9 Å². The molecule has 0 saturated carbocycles. The molecule has 3 nitrogen and oxygen atoms in total.